The van der Waals surface area contributed by atoms with Crippen LogP contribution in [0.4, 0.5) is 0 Å². The first kappa shape index (κ1) is 24.6. The summed E-state index contributed by atoms with van der Waals surface area (Å²) in [6, 6.07) is 26.4. The van der Waals surface area contributed by atoms with Crippen molar-refractivity contribution in [3.05, 3.63) is 126 Å². The van der Waals surface area contributed by atoms with Gasteiger partial charge in [-0.05, 0) is 43.7 Å². The molecule has 0 atom stereocenters. The molecule has 7 nitrogen and oxygen atoms in total. The smallest absolute Gasteiger partial charge is 0.356 e. The number of nitrogens with zero attached hydrogens (tertiary/aromatic N) is 4. The van der Waals surface area contributed by atoms with E-state index in [1.54, 1.807) is 0 Å². The molecule has 7 heteroatoms. The summed E-state index contributed by atoms with van der Waals surface area (Å²) >= 11 is 0. The molecule has 0 aliphatic heterocycles. The number of aromatic nitrogens is 4. The van der Waals surface area contributed by atoms with Gasteiger partial charge in [0, 0.05) is 59.0 Å². The SMILES string of the molecule is CCn1c(C)c(C(=O)c2nccnc2C(=O)O)c2ccccc21.c1ccc(-c2cc3ccccn3c2)cc1. The Morgan fingerprint density at radius 2 is 1.53 bits per heavy atom. The van der Waals surface area contributed by atoms with Crippen LogP contribution in [-0.4, -0.2) is 35.8 Å². The highest BCUT2D eigenvalue weighted by Crippen LogP contribution is 2.28. The second-order valence-corrected chi connectivity index (χ2v) is 8.74. The molecule has 0 fully saturated rings. The van der Waals surface area contributed by atoms with Crippen LogP contribution in [0.1, 0.15) is 39.2 Å². The van der Waals surface area contributed by atoms with Crippen LogP contribution in [0.15, 0.2) is 104 Å². The van der Waals surface area contributed by atoms with Crippen molar-refractivity contribution < 1.29 is 14.7 Å². The summed E-state index contributed by atoms with van der Waals surface area (Å²) in [5.74, 6) is -1.69. The Morgan fingerprint density at radius 1 is 0.842 bits per heavy atom. The summed E-state index contributed by atoms with van der Waals surface area (Å²) in [6.45, 7) is 4.57. The number of pyridine rings is 1. The van der Waals surface area contributed by atoms with Gasteiger partial charge >= 0.3 is 5.97 Å². The van der Waals surface area contributed by atoms with Gasteiger partial charge in [-0.15, -0.1) is 0 Å². The number of hydrogen-bond donors (Lipinski definition) is 1. The minimum Gasteiger partial charge on any atom is -0.476 e. The molecule has 0 amide bonds. The summed E-state index contributed by atoms with van der Waals surface area (Å²) in [4.78, 5) is 32.0. The number of ketones is 1. The molecule has 0 spiro atoms. The van der Waals surface area contributed by atoms with Gasteiger partial charge in [0.05, 0.1) is 5.56 Å². The maximum Gasteiger partial charge on any atom is 0.356 e. The monoisotopic (exact) mass is 502 g/mol. The van der Waals surface area contributed by atoms with Gasteiger partial charge in [0.25, 0.3) is 0 Å². The third kappa shape index (κ3) is 4.57. The van der Waals surface area contributed by atoms with Crippen molar-refractivity contribution >= 4 is 28.2 Å². The van der Waals surface area contributed by atoms with E-state index in [-0.39, 0.29) is 11.4 Å². The van der Waals surface area contributed by atoms with Crippen LogP contribution in [-0.2, 0) is 6.54 Å². The number of rotatable bonds is 5. The molecule has 38 heavy (non-hydrogen) atoms. The lowest BCUT2D eigenvalue weighted by Gasteiger charge is -2.05. The van der Waals surface area contributed by atoms with E-state index in [0.717, 1.165) is 16.6 Å². The first-order valence-electron chi connectivity index (χ1n) is 12.3. The van der Waals surface area contributed by atoms with Crippen LogP contribution in [0.25, 0.3) is 27.5 Å². The summed E-state index contributed by atoms with van der Waals surface area (Å²) in [5.41, 5.74) is 5.51. The minimum atomic E-state index is -1.27. The molecular formula is C31H26N4O3. The molecule has 1 N–H and O–H groups in total. The summed E-state index contributed by atoms with van der Waals surface area (Å²) in [7, 11) is 0. The molecule has 6 aromatic rings. The fourth-order valence-corrected chi connectivity index (χ4v) is 4.75. The number of carbonyl (C=O) groups excluding carboxylic acids is 1. The average Bonchev–Trinajstić information content (AvgIpc) is 3.51. The van der Waals surface area contributed by atoms with Crippen molar-refractivity contribution in [2.75, 3.05) is 0 Å². The first-order chi connectivity index (χ1) is 18.5. The summed E-state index contributed by atoms with van der Waals surface area (Å²) in [6.07, 6.45) is 6.82. The van der Waals surface area contributed by atoms with Crippen molar-refractivity contribution in [3.8, 4) is 11.1 Å². The zero-order valence-electron chi connectivity index (χ0n) is 21.1. The number of para-hydroxylation sites is 1. The predicted molar refractivity (Wildman–Crippen MR) is 148 cm³/mol. The molecular weight excluding hydrogens is 476 g/mol. The highest BCUT2D eigenvalue weighted by molar-refractivity contribution is 6.19. The molecule has 0 aliphatic rings. The Balaban J connectivity index is 0.000000168. The lowest BCUT2D eigenvalue weighted by molar-refractivity contribution is 0.0685. The molecule has 4 aromatic heterocycles. The van der Waals surface area contributed by atoms with Crippen LogP contribution in [0.2, 0.25) is 0 Å². The standard InChI is InChI=1S/C17H15N3O3.C14H11N/c1-3-20-10(2)13(11-6-4-5-7-12(11)20)16(21)14-15(17(22)23)19-9-8-18-14;1-2-6-12(7-3-1)13-10-14-8-4-5-9-15(14)11-13/h4-9H,3H2,1-2H3,(H,22,23);1-11H. The van der Waals surface area contributed by atoms with E-state index >= 15 is 0 Å². The van der Waals surface area contributed by atoms with Crippen LogP contribution < -0.4 is 0 Å². The molecule has 0 saturated heterocycles. The molecule has 188 valence electrons. The first-order valence-corrected chi connectivity index (χ1v) is 12.3. The van der Waals surface area contributed by atoms with Gasteiger partial charge in [-0.25, -0.2) is 14.8 Å². The maximum absolute atomic E-state index is 13.0. The molecule has 4 heterocycles. The van der Waals surface area contributed by atoms with Crippen LogP contribution in [0.3, 0.4) is 0 Å². The summed E-state index contributed by atoms with van der Waals surface area (Å²) in [5, 5.41) is 10.0. The minimum absolute atomic E-state index is 0.137. The highest BCUT2D eigenvalue weighted by atomic mass is 16.4. The molecule has 2 aromatic carbocycles. The zero-order chi connectivity index (χ0) is 26.6. The fraction of sp³-hybridized carbons (Fsp3) is 0.0968. The van der Waals surface area contributed by atoms with Crippen molar-refractivity contribution in [3.63, 3.8) is 0 Å². The van der Waals surface area contributed by atoms with Crippen molar-refractivity contribution in [2.45, 2.75) is 20.4 Å². The van der Waals surface area contributed by atoms with Gasteiger partial charge in [-0.3, -0.25) is 4.79 Å². The van der Waals surface area contributed by atoms with E-state index < -0.39 is 11.8 Å². The number of carboxylic acids is 1. The number of aromatic carboxylic acids is 1. The number of benzene rings is 2. The lowest BCUT2D eigenvalue weighted by atomic mass is 10.0. The Bertz CT molecular complexity index is 1730. The third-order valence-corrected chi connectivity index (χ3v) is 6.50. The molecule has 0 radical (unpaired) electrons. The Hall–Kier alpha value is -5.04. The zero-order valence-corrected chi connectivity index (χ0v) is 21.1. The van der Waals surface area contributed by atoms with Gasteiger partial charge in [0.15, 0.2) is 5.69 Å². The molecule has 0 aliphatic carbocycles. The number of fused-ring (bicyclic) bond motifs is 2. The van der Waals surface area contributed by atoms with Crippen molar-refractivity contribution in [2.24, 2.45) is 0 Å². The topological polar surface area (TPSA) is 89.5 Å². The second kappa shape index (κ2) is 10.5. The van der Waals surface area contributed by atoms with Gasteiger partial charge in [-0.1, -0.05) is 54.6 Å². The van der Waals surface area contributed by atoms with Gasteiger partial charge in [-0.2, -0.15) is 0 Å². The number of aryl methyl sites for hydroxylation is 1. The van der Waals surface area contributed by atoms with Crippen LogP contribution in [0.5, 0.6) is 0 Å². The maximum atomic E-state index is 13.0. The van der Waals surface area contributed by atoms with Gasteiger partial charge in [0.2, 0.25) is 5.78 Å². The number of carboxylic acid groups (broad SMARTS) is 1. The fourth-order valence-electron chi connectivity index (χ4n) is 4.75. The largest absolute Gasteiger partial charge is 0.476 e. The van der Waals surface area contributed by atoms with E-state index in [9.17, 15) is 14.7 Å². The van der Waals surface area contributed by atoms with Crippen molar-refractivity contribution in [1.82, 2.24) is 18.9 Å². The molecule has 0 bridgehead atoms. The normalized spacial score (nSPS) is 10.8. The summed E-state index contributed by atoms with van der Waals surface area (Å²) < 4.78 is 4.17. The average molecular weight is 503 g/mol. The Morgan fingerprint density at radius 3 is 2.24 bits per heavy atom. The highest BCUT2D eigenvalue weighted by Gasteiger charge is 2.26. The van der Waals surface area contributed by atoms with Gasteiger partial charge < -0.3 is 14.1 Å². The second-order valence-electron chi connectivity index (χ2n) is 8.74. The number of hydrogen-bond acceptors (Lipinski definition) is 4. The molecule has 0 unspecified atom stereocenters. The van der Waals surface area contributed by atoms with E-state index in [1.165, 1.54) is 29.0 Å². The third-order valence-electron chi connectivity index (χ3n) is 6.50. The van der Waals surface area contributed by atoms with E-state index in [2.05, 4.69) is 69.2 Å². The van der Waals surface area contributed by atoms with Gasteiger partial charge in [0.1, 0.15) is 5.69 Å². The predicted octanol–water partition coefficient (Wildman–Crippen LogP) is 6.30. The quantitative estimate of drug-likeness (QED) is 0.280. The van der Waals surface area contributed by atoms with E-state index in [4.69, 9.17) is 0 Å². The Labute approximate surface area is 219 Å². The van der Waals surface area contributed by atoms with E-state index in [1.807, 2.05) is 54.8 Å². The van der Waals surface area contributed by atoms with Crippen LogP contribution in [0, 0.1) is 6.92 Å². The molecule has 6 rings (SSSR count). The van der Waals surface area contributed by atoms with Crippen LogP contribution >= 0.6 is 0 Å². The number of carbonyl (C=O) groups is 2. The van der Waals surface area contributed by atoms with Crippen molar-refractivity contribution in [1.29, 1.82) is 0 Å². The Kier molecular flexibility index (Phi) is 6.82. The molecule has 0 saturated carbocycles. The van der Waals surface area contributed by atoms with E-state index in [0.29, 0.717) is 12.1 Å². The lowest BCUT2D eigenvalue weighted by Crippen LogP contribution is -2.14.